The van der Waals surface area contributed by atoms with Gasteiger partial charge < -0.3 is 0 Å². The normalized spacial score (nSPS) is 12.2. The average molecular weight is 276 g/mol. The number of halogens is 3. The van der Waals surface area contributed by atoms with E-state index in [4.69, 9.17) is 0 Å². The summed E-state index contributed by atoms with van der Waals surface area (Å²) in [6, 6.07) is 13.7. The molecule has 1 nitrogen and oxygen atoms in total. The molecule has 0 fully saturated rings. The van der Waals surface area contributed by atoms with Crippen LogP contribution in [-0.4, -0.2) is 6.29 Å². The topological polar surface area (TPSA) is 17.1 Å². The highest BCUT2D eigenvalue weighted by atomic mass is 19.4. The highest BCUT2D eigenvalue weighted by molar-refractivity contribution is 6.13. The third kappa shape index (κ3) is 3.35. The van der Waals surface area contributed by atoms with E-state index in [-0.39, 0.29) is 11.1 Å². The molecule has 0 radical (unpaired) electrons. The maximum absolute atomic E-state index is 12.7. The first-order valence-electron chi connectivity index (χ1n) is 5.90. The molecule has 0 heterocycles. The van der Waals surface area contributed by atoms with E-state index in [2.05, 4.69) is 0 Å². The van der Waals surface area contributed by atoms with Crippen LogP contribution in [0.1, 0.15) is 16.7 Å². The summed E-state index contributed by atoms with van der Waals surface area (Å²) >= 11 is 0. The minimum Gasteiger partial charge on any atom is -0.298 e. The van der Waals surface area contributed by atoms with Crippen LogP contribution in [0.25, 0.3) is 11.6 Å². The van der Waals surface area contributed by atoms with Crippen LogP contribution >= 0.6 is 0 Å². The first kappa shape index (κ1) is 14.1. The number of allylic oxidation sites excluding steroid dienone is 1. The van der Waals surface area contributed by atoms with Crippen LogP contribution in [0.15, 0.2) is 54.6 Å². The second kappa shape index (κ2) is 5.74. The molecule has 0 saturated carbocycles. The van der Waals surface area contributed by atoms with Crippen molar-refractivity contribution in [1.29, 1.82) is 0 Å². The average Bonchev–Trinajstić information content (AvgIpc) is 2.45. The lowest BCUT2D eigenvalue weighted by molar-refractivity contribution is -0.137. The molecule has 2 rings (SSSR count). The molecule has 20 heavy (non-hydrogen) atoms. The van der Waals surface area contributed by atoms with Gasteiger partial charge in [0, 0.05) is 5.57 Å². The summed E-state index contributed by atoms with van der Waals surface area (Å²) in [6.07, 6.45) is -2.30. The molecule has 0 N–H and O–H groups in total. The molecule has 0 saturated heterocycles. The van der Waals surface area contributed by atoms with Gasteiger partial charge in [0.25, 0.3) is 0 Å². The minimum absolute atomic E-state index is 0.210. The van der Waals surface area contributed by atoms with E-state index >= 15 is 0 Å². The summed E-state index contributed by atoms with van der Waals surface area (Å²) in [7, 11) is 0. The van der Waals surface area contributed by atoms with Crippen LogP contribution in [-0.2, 0) is 11.0 Å². The highest BCUT2D eigenvalue weighted by Crippen LogP contribution is 2.31. The van der Waals surface area contributed by atoms with Crippen molar-refractivity contribution < 1.29 is 18.0 Å². The molecule has 0 spiro atoms. The fourth-order valence-corrected chi connectivity index (χ4v) is 1.79. The minimum atomic E-state index is -4.42. The Morgan fingerprint density at radius 1 is 0.950 bits per heavy atom. The Morgan fingerprint density at radius 2 is 1.65 bits per heavy atom. The lowest BCUT2D eigenvalue weighted by Gasteiger charge is -2.08. The van der Waals surface area contributed by atoms with E-state index in [1.54, 1.807) is 30.3 Å². The lowest BCUT2D eigenvalue weighted by atomic mass is 10.0. The smallest absolute Gasteiger partial charge is 0.298 e. The maximum Gasteiger partial charge on any atom is 0.416 e. The summed E-state index contributed by atoms with van der Waals surface area (Å²) < 4.78 is 38.0. The number of hydrogen-bond acceptors (Lipinski definition) is 1. The number of rotatable bonds is 3. The van der Waals surface area contributed by atoms with Crippen LogP contribution in [0.5, 0.6) is 0 Å². The van der Waals surface area contributed by atoms with Gasteiger partial charge in [-0.25, -0.2) is 0 Å². The number of alkyl halides is 3. The standard InChI is InChI=1S/C16H11F3O/c17-16(18,19)15-8-4-7-13(10-15)14(11-20)9-12-5-2-1-3-6-12/h1-11H. The molecule has 0 aliphatic heterocycles. The SMILES string of the molecule is O=CC(=Cc1ccccc1)c1cccc(C(F)(F)F)c1. The number of hydrogen-bond donors (Lipinski definition) is 0. The zero-order valence-corrected chi connectivity index (χ0v) is 10.4. The number of carbonyl (C=O) groups is 1. The van der Waals surface area contributed by atoms with Crippen LogP contribution in [0, 0.1) is 0 Å². The fraction of sp³-hybridized carbons (Fsp3) is 0.0625. The Balaban J connectivity index is 2.43. The van der Waals surface area contributed by atoms with Gasteiger partial charge in [0.2, 0.25) is 0 Å². The molecule has 0 aliphatic rings. The Morgan fingerprint density at radius 3 is 2.25 bits per heavy atom. The van der Waals surface area contributed by atoms with Gasteiger partial charge in [-0.05, 0) is 29.3 Å². The van der Waals surface area contributed by atoms with Crippen molar-refractivity contribution in [2.45, 2.75) is 6.18 Å². The quantitative estimate of drug-likeness (QED) is 0.460. The summed E-state index contributed by atoms with van der Waals surface area (Å²) in [6.45, 7) is 0. The van der Waals surface area contributed by atoms with Crippen LogP contribution in [0.3, 0.4) is 0 Å². The van der Waals surface area contributed by atoms with Gasteiger partial charge in [-0.3, -0.25) is 4.79 Å². The molecule has 0 aliphatic carbocycles. The molecule has 0 aromatic heterocycles. The van der Waals surface area contributed by atoms with Crippen LogP contribution in [0.4, 0.5) is 13.2 Å². The fourth-order valence-electron chi connectivity index (χ4n) is 1.79. The highest BCUT2D eigenvalue weighted by Gasteiger charge is 2.30. The van der Waals surface area contributed by atoms with Gasteiger partial charge in [0.05, 0.1) is 5.56 Å². The van der Waals surface area contributed by atoms with Crippen LogP contribution in [0.2, 0.25) is 0 Å². The summed E-state index contributed by atoms with van der Waals surface area (Å²) in [5.41, 5.74) is 0.448. The van der Waals surface area contributed by atoms with Crippen LogP contribution < -0.4 is 0 Å². The predicted molar refractivity (Wildman–Crippen MR) is 71.8 cm³/mol. The second-order valence-electron chi connectivity index (χ2n) is 4.21. The monoisotopic (exact) mass is 276 g/mol. The Bertz CT molecular complexity index is 628. The lowest BCUT2D eigenvalue weighted by Crippen LogP contribution is -2.05. The van der Waals surface area contributed by atoms with Crippen molar-refractivity contribution >= 4 is 17.9 Å². The Hall–Kier alpha value is -2.36. The predicted octanol–water partition coefficient (Wildman–Crippen LogP) is 4.44. The van der Waals surface area contributed by atoms with Gasteiger partial charge >= 0.3 is 6.18 Å². The maximum atomic E-state index is 12.7. The van der Waals surface area contributed by atoms with Crippen molar-refractivity contribution in [1.82, 2.24) is 0 Å². The van der Waals surface area contributed by atoms with E-state index in [0.717, 1.165) is 17.7 Å². The largest absolute Gasteiger partial charge is 0.416 e. The zero-order valence-electron chi connectivity index (χ0n) is 10.4. The van der Waals surface area contributed by atoms with Crippen molar-refractivity contribution in [3.05, 3.63) is 71.3 Å². The van der Waals surface area contributed by atoms with Crippen molar-refractivity contribution in [3.63, 3.8) is 0 Å². The van der Waals surface area contributed by atoms with Gasteiger partial charge in [0.1, 0.15) is 0 Å². The van der Waals surface area contributed by atoms with E-state index in [0.29, 0.717) is 6.29 Å². The van der Waals surface area contributed by atoms with Crippen molar-refractivity contribution in [3.8, 4) is 0 Å². The number of benzene rings is 2. The number of aldehydes is 1. The zero-order chi connectivity index (χ0) is 14.6. The van der Waals surface area contributed by atoms with Gasteiger partial charge in [-0.1, -0.05) is 42.5 Å². The first-order chi connectivity index (χ1) is 9.50. The molecular weight excluding hydrogens is 265 g/mol. The second-order valence-corrected chi connectivity index (χ2v) is 4.21. The molecule has 0 bridgehead atoms. The molecule has 102 valence electrons. The summed E-state index contributed by atoms with van der Waals surface area (Å²) in [5, 5.41) is 0. The molecule has 2 aromatic carbocycles. The van der Waals surface area contributed by atoms with Gasteiger partial charge in [-0.2, -0.15) is 13.2 Å². The Kier molecular flexibility index (Phi) is 4.03. The Labute approximate surface area is 114 Å². The van der Waals surface area contributed by atoms with E-state index < -0.39 is 11.7 Å². The molecule has 2 aromatic rings. The van der Waals surface area contributed by atoms with Crippen molar-refractivity contribution in [2.24, 2.45) is 0 Å². The molecular formula is C16H11F3O. The van der Waals surface area contributed by atoms with E-state index in [1.807, 2.05) is 6.07 Å². The first-order valence-corrected chi connectivity index (χ1v) is 5.90. The molecule has 0 atom stereocenters. The third-order valence-electron chi connectivity index (χ3n) is 2.77. The number of carbonyl (C=O) groups excluding carboxylic acids is 1. The third-order valence-corrected chi connectivity index (χ3v) is 2.77. The molecule has 0 amide bonds. The molecule has 4 heteroatoms. The molecule has 0 unspecified atom stereocenters. The van der Waals surface area contributed by atoms with E-state index in [1.165, 1.54) is 12.1 Å². The summed E-state index contributed by atoms with van der Waals surface area (Å²) in [5.74, 6) is 0. The van der Waals surface area contributed by atoms with Crippen molar-refractivity contribution in [2.75, 3.05) is 0 Å². The van der Waals surface area contributed by atoms with Gasteiger partial charge in [-0.15, -0.1) is 0 Å². The summed E-state index contributed by atoms with van der Waals surface area (Å²) in [4.78, 5) is 11.1. The van der Waals surface area contributed by atoms with E-state index in [9.17, 15) is 18.0 Å². The van der Waals surface area contributed by atoms with Gasteiger partial charge in [0.15, 0.2) is 6.29 Å².